The molecule has 0 aliphatic heterocycles. The van der Waals surface area contributed by atoms with Crippen molar-refractivity contribution >= 4 is 27.6 Å². The molecule has 1 rings (SSSR count). The molecule has 1 aromatic rings. The van der Waals surface area contributed by atoms with E-state index in [2.05, 4.69) is 48.5 Å². The molecule has 0 radical (unpaired) electrons. The van der Waals surface area contributed by atoms with Gasteiger partial charge in [-0.2, -0.15) is 0 Å². The minimum Gasteiger partial charge on any atom is -0.356 e. The van der Waals surface area contributed by atoms with Gasteiger partial charge in [0.1, 0.15) is 9.84 Å². The van der Waals surface area contributed by atoms with Crippen molar-refractivity contribution in [2.75, 3.05) is 32.1 Å². The van der Waals surface area contributed by atoms with E-state index in [1.165, 1.54) is 11.2 Å². The van der Waals surface area contributed by atoms with Gasteiger partial charge in [0.05, 0.1) is 5.75 Å². The highest BCUT2D eigenvalue weighted by atomic mass is 32.2. The van der Waals surface area contributed by atoms with E-state index in [1.807, 2.05) is 30.0 Å². The number of benzene rings is 1. The monoisotopic (exact) mass is 385 g/mol. The molecule has 0 heterocycles. The standard InChI is InChI=1S/C18H31N3O2S2/c1-15(24-16-9-7-6-8-10-16)13-20-17(19-4)21-14-18(2,3)11-12-25(5,22)23/h6-10,15H,11-14H2,1-5H3,(H2,19,20,21). The van der Waals surface area contributed by atoms with Crippen LogP contribution in [0.4, 0.5) is 0 Å². The summed E-state index contributed by atoms with van der Waals surface area (Å²) < 4.78 is 22.7. The first kappa shape index (κ1) is 21.8. The maximum atomic E-state index is 11.3. The highest BCUT2D eigenvalue weighted by Gasteiger charge is 2.20. The third-order valence-electron chi connectivity index (χ3n) is 3.75. The van der Waals surface area contributed by atoms with E-state index >= 15 is 0 Å². The predicted molar refractivity (Wildman–Crippen MR) is 109 cm³/mol. The Kier molecular flexibility index (Phi) is 8.79. The Bertz CT molecular complexity index is 644. The molecule has 0 aromatic heterocycles. The van der Waals surface area contributed by atoms with Crippen LogP contribution in [0.25, 0.3) is 0 Å². The molecule has 1 aromatic carbocycles. The van der Waals surface area contributed by atoms with E-state index in [1.54, 1.807) is 7.05 Å². The predicted octanol–water partition coefficient (Wildman–Crippen LogP) is 2.79. The van der Waals surface area contributed by atoms with Crippen LogP contribution in [0.5, 0.6) is 0 Å². The van der Waals surface area contributed by atoms with Crippen LogP contribution in [0.1, 0.15) is 27.2 Å². The van der Waals surface area contributed by atoms with Gasteiger partial charge < -0.3 is 10.6 Å². The number of hydrogen-bond donors (Lipinski definition) is 2. The Morgan fingerprint density at radius 2 is 1.88 bits per heavy atom. The third-order valence-corrected chi connectivity index (χ3v) is 5.80. The van der Waals surface area contributed by atoms with E-state index in [4.69, 9.17) is 0 Å². The second-order valence-corrected chi connectivity index (χ2v) is 10.9. The van der Waals surface area contributed by atoms with E-state index in [0.29, 0.717) is 18.2 Å². The molecule has 0 aliphatic rings. The third kappa shape index (κ3) is 10.4. The van der Waals surface area contributed by atoms with Crippen LogP contribution in [0.2, 0.25) is 0 Å². The average Bonchev–Trinajstić information content (AvgIpc) is 2.53. The number of rotatable bonds is 9. The summed E-state index contributed by atoms with van der Waals surface area (Å²) in [6.07, 6.45) is 1.90. The van der Waals surface area contributed by atoms with Crippen molar-refractivity contribution in [3.05, 3.63) is 30.3 Å². The molecule has 0 spiro atoms. The summed E-state index contributed by atoms with van der Waals surface area (Å²) in [5, 5.41) is 7.04. The number of guanidine groups is 1. The quantitative estimate of drug-likeness (QED) is 0.389. The molecule has 0 saturated carbocycles. The summed E-state index contributed by atoms with van der Waals surface area (Å²) in [4.78, 5) is 5.50. The molecule has 1 atom stereocenters. The number of nitrogens with zero attached hydrogens (tertiary/aromatic N) is 1. The molecular weight excluding hydrogens is 354 g/mol. The summed E-state index contributed by atoms with van der Waals surface area (Å²) in [6.45, 7) is 7.76. The van der Waals surface area contributed by atoms with Crippen molar-refractivity contribution < 1.29 is 8.42 Å². The minimum atomic E-state index is -2.93. The van der Waals surface area contributed by atoms with E-state index in [9.17, 15) is 8.42 Å². The molecule has 0 amide bonds. The zero-order chi connectivity index (χ0) is 18.9. The Morgan fingerprint density at radius 3 is 2.44 bits per heavy atom. The Balaban J connectivity index is 2.39. The lowest BCUT2D eigenvalue weighted by Crippen LogP contribution is -2.44. The molecular formula is C18H31N3O2S2. The van der Waals surface area contributed by atoms with Gasteiger partial charge in [-0.25, -0.2) is 8.42 Å². The molecule has 25 heavy (non-hydrogen) atoms. The molecule has 1 unspecified atom stereocenters. The van der Waals surface area contributed by atoms with Crippen molar-refractivity contribution in [1.82, 2.24) is 10.6 Å². The van der Waals surface area contributed by atoms with Crippen LogP contribution in [0.3, 0.4) is 0 Å². The van der Waals surface area contributed by atoms with Crippen LogP contribution in [-0.2, 0) is 9.84 Å². The smallest absolute Gasteiger partial charge is 0.191 e. The highest BCUT2D eigenvalue weighted by Crippen LogP contribution is 2.22. The SMILES string of the molecule is CN=C(NCC(C)Sc1ccccc1)NCC(C)(C)CCS(C)(=O)=O. The van der Waals surface area contributed by atoms with Crippen molar-refractivity contribution in [2.45, 2.75) is 37.3 Å². The Labute approximate surface area is 157 Å². The molecule has 2 N–H and O–H groups in total. The highest BCUT2D eigenvalue weighted by molar-refractivity contribution is 8.00. The fraction of sp³-hybridized carbons (Fsp3) is 0.611. The first-order valence-electron chi connectivity index (χ1n) is 8.45. The van der Waals surface area contributed by atoms with Crippen LogP contribution in [-0.4, -0.2) is 51.8 Å². The largest absolute Gasteiger partial charge is 0.356 e. The molecule has 5 nitrogen and oxygen atoms in total. The normalized spacial score (nSPS) is 14.2. The molecule has 7 heteroatoms. The van der Waals surface area contributed by atoms with Crippen molar-refractivity contribution in [1.29, 1.82) is 0 Å². The first-order chi connectivity index (χ1) is 11.6. The lowest BCUT2D eigenvalue weighted by Gasteiger charge is -2.26. The zero-order valence-electron chi connectivity index (χ0n) is 15.9. The number of aliphatic imine (C=N–C) groups is 1. The van der Waals surface area contributed by atoms with Gasteiger partial charge in [-0.1, -0.05) is 39.0 Å². The van der Waals surface area contributed by atoms with Gasteiger partial charge in [0.2, 0.25) is 0 Å². The number of hydrogen-bond acceptors (Lipinski definition) is 4. The molecule has 142 valence electrons. The summed E-state index contributed by atoms with van der Waals surface area (Å²) in [6, 6.07) is 10.3. The van der Waals surface area contributed by atoms with Crippen LogP contribution in [0.15, 0.2) is 40.2 Å². The molecule has 0 saturated heterocycles. The van der Waals surface area contributed by atoms with Crippen molar-refractivity contribution in [2.24, 2.45) is 10.4 Å². The van der Waals surface area contributed by atoms with E-state index in [-0.39, 0.29) is 11.2 Å². The van der Waals surface area contributed by atoms with Crippen LogP contribution < -0.4 is 10.6 Å². The Hall–Kier alpha value is -1.21. The Morgan fingerprint density at radius 1 is 1.24 bits per heavy atom. The maximum absolute atomic E-state index is 11.3. The summed E-state index contributed by atoms with van der Waals surface area (Å²) in [5.41, 5.74) is -0.120. The van der Waals surface area contributed by atoms with E-state index < -0.39 is 9.84 Å². The minimum absolute atomic E-state index is 0.120. The van der Waals surface area contributed by atoms with Gasteiger partial charge in [-0.05, 0) is 24.0 Å². The van der Waals surface area contributed by atoms with Crippen LogP contribution >= 0.6 is 11.8 Å². The van der Waals surface area contributed by atoms with Gasteiger partial charge >= 0.3 is 0 Å². The van der Waals surface area contributed by atoms with Gasteiger partial charge in [0.25, 0.3) is 0 Å². The number of thioether (sulfide) groups is 1. The topological polar surface area (TPSA) is 70.6 Å². The summed E-state index contributed by atoms with van der Waals surface area (Å²) in [5.74, 6) is 0.950. The second-order valence-electron chi connectivity index (χ2n) is 7.09. The maximum Gasteiger partial charge on any atom is 0.191 e. The van der Waals surface area contributed by atoms with Crippen LogP contribution in [0, 0.1) is 5.41 Å². The fourth-order valence-electron chi connectivity index (χ4n) is 2.11. The summed E-state index contributed by atoms with van der Waals surface area (Å²) >= 11 is 1.82. The average molecular weight is 386 g/mol. The van der Waals surface area contributed by atoms with Crippen molar-refractivity contribution in [3.8, 4) is 0 Å². The molecule has 0 bridgehead atoms. The van der Waals surface area contributed by atoms with Gasteiger partial charge in [0.15, 0.2) is 5.96 Å². The second kappa shape index (κ2) is 10.1. The fourth-order valence-corrected chi connectivity index (χ4v) is 3.98. The van der Waals surface area contributed by atoms with Crippen molar-refractivity contribution in [3.63, 3.8) is 0 Å². The van der Waals surface area contributed by atoms with Gasteiger partial charge in [-0.15, -0.1) is 11.8 Å². The molecule has 0 aliphatic carbocycles. The number of nitrogens with one attached hydrogen (secondary N) is 2. The van der Waals surface area contributed by atoms with Gasteiger partial charge in [-0.3, -0.25) is 4.99 Å². The van der Waals surface area contributed by atoms with E-state index in [0.717, 1.165) is 12.5 Å². The van der Waals surface area contributed by atoms with Gasteiger partial charge in [0, 0.05) is 36.5 Å². The zero-order valence-corrected chi connectivity index (χ0v) is 17.5. The molecule has 0 fully saturated rings. The first-order valence-corrected chi connectivity index (χ1v) is 11.4. The lowest BCUT2D eigenvalue weighted by molar-refractivity contribution is 0.348. The number of sulfone groups is 1. The lowest BCUT2D eigenvalue weighted by atomic mass is 9.90. The summed E-state index contributed by atoms with van der Waals surface area (Å²) in [7, 11) is -1.19.